The van der Waals surface area contributed by atoms with Crippen molar-refractivity contribution in [3.63, 3.8) is 0 Å². The number of nitrogens with two attached hydrogens (primary N) is 1. The lowest BCUT2D eigenvalue weighted by atomic mass is 10.1. The van der Waals surface area contributed by atoms with E-state index < -0.39 is 0 Å². The number of aryl methyl sites for hydroxylation is 2. The Kier molecular flexibility index (Phi) is 3.89. The molecule has 1 aliphatic rings. The lowest BCUT2D eigenvalue weighted by molar-refractivity contribution is -0.130. The molecule has 0 aromatic carbocycles. The maximum absolute atomic E-state index is 12.0. The first-order valence-corrected chi connectivity index (χ1v) is 7.37. The molecule has 0 spiro atoms. The molecule has 0 aliphatic carbocycles. The van der Waals surface area contributed by atoms with Gasteiger partial charge in [-0.2, -0.15) is 0 Å². The fraction of sp³-hybridized carbons (Fsp3) is 0.467. The Morgan fingerprint density at radius 1 is 1.50 bits per heavy atom. The smallest absolute Gasteiger partial charge is 0.236 e. The second-order valence-corrected chi connectivity index (χ2v) is 5.45. The highest BCUT2D eigenvalue weighted by molar-refractivity contribution is 5.78. The molecule has 2 aromatic rings. The van der Waals surface area contributed by atoms with Crippen molar-refractivity contribution in [2.75, 3.05) is 13.1 Å². The van der Waals surface area contributed by atoms with E-state index in [-0.39, 0.29) is 18.5 Å². The second-order valence-electron chi connectivity index (χ2n) is 5.45. The summed E-state index contributed by atoms with van der Waals surface area (Å²) in [6, 6.07) is 1.83. The average molecular weight is 301 g/mol. The van der Waals surface area contributed by atoms with Crippen molar-refractivity contribution in [3.05, 3.63) is 29.4 Å². The maximum Gasteiger partial charge on any atom is 0.236 e. The van der Waals surface area contributed by atoms with E-state index >= 15 is 0 Å². The van der Waals surface area contributed by atoms with Crippen LogP contribution in [-0.4, -0.2) is 39.0 Å². The highest BCUT2D eigenvalue weighted by Crippen LogP contribution is 2.32. The van der Waals surface area contributed by atoms with Gasteiger partial charge in [-0.25, -0.2) is 9.97 Å². The SMILES string of the molecule is Cc1noc(C)c1-c1nccc([C@@H]2CCCN2C(=O)CN)n1. The number of hydrogen-bond donors (Lipinski definition) is 1. The van der Waals surface area contributed by atoms with E-state index in [0.717, 1.165) is 36.3 Å². The number of carbonyl (C=O) groups excluding carboxylic acids is 1. The van der Waals surface area contributed by atoms with Gasteiger partial charge in [-0.05, 0) is 32.8 Å². The third kappa shape index (κ3) is 2.48. The molecule has 0 saturated carbocycles. The predicted octanol–water partition coefficient (Wildman–Crippen LogP) is 1.37. The van der Waals surface area contributed by atoms with Gasteiger partial charge in [0.25, 0.3) is 0 Å². The van der Waals surface area contributed by atoms with Crippen LogP contribution < -0.4 is 5.73 Å². The summed E-state index contributed by atoms with van der Waals surface area (Å²) in [7, 11) is 0. The van der Waals surface area contributed by atoms with Gasteiger partial charge in [-0.15, -0.1) is 0 Å². The first kappa shape index (κ1) is 14.6. The summed E-state index contributed by atoms with van der Waals surface area (Å²) in [6.45, 7) is 4.45. The normalized spacial score (nSPS) is 18.0. The minimum atomic E-state index is -0.0417. The van der Waals surface area contributed by atoms with Crippen molar-refractivity contribution >= 4 is 5.91 Å². The van der Waals surface area contributed by atoms with Gasteiger partial charge in [-0.3, -0.25) is 4.79 Å². The Labute approximate surface area is 128 Å². The zero-order valence-electron chi connectivity index (χ0n) is 12.7. The van der Waals surface area contributed by atoms with Crippen molar-refractivity contribution in [2.45, 2.75) is 32.7 Å². The fourth-order valence-corrected chi connectivity index (χ4v) is 2.97. The summed E-state index contributed by atoms with van der Waals surface area (Å²) in [5, 5.41) is 3.94. The molecule has 1 fully saturated rings. The molecular weight excluding hydrogens is 282 g/mol. The van der Waals surface area contributed by atoms with Gasteiger partial charge in [0.15, 0.2) is 5.82 Å². The molecule has 22 heavy (non-hydrogen) atoms. The molecule has 1 atom stereocenters. The van der Waals surface area contributed by atoms with E-state index in [4.69, 9.17) is 10.3 Å². The topological polar surface area (TPSA) is 98.1 Å². The fourth-order valence-electron chi connectivity index (χ4n) is 2.97. The number of amides is 1. The largest absolute Gasteiger partial charge is 0.361 e. The van der Waals surface area contributed by atoms with E-state index in [1.54, 1.807) is 11.1 Å². The standard InChI is InChI=1S/C15H19N5O2/c1-9-14(10(2)22-19-9)15-17-6-5-11(18-15)12-4-3-7-20(12)13(21)8-16/h5-6,12H,3-4,7-8,16H2,1-2H3/t12-/m0/s1. The number of carbonyl (C=O) groups is 1. The third-order valence-corrected chi connectivity index (χ3v) is 4.02. The summed E-state index contributed by atoms with van der Waals surface area (Å²) >= 11 is 0. The molecule has 116 valence electrons. The number of rotatable bonds is 3. The molecule has 0 unspecified atom stereocenters. The highest BCUT2D eigenvalue weighted by atomic mass is 16.5. The van der Waals surface area contributed by atoms with Crippen molar-refractivity contribution < 1.29 is 9.32 Å². The van der Waals surface area contributed by atoms with Crippen molar-refractivity contribution in [2.24, 2.45) is 5.73 Å². The van der Waals surface area contributed by atoms with Crippen LogP contribution in [-0.2, 0) is 4.79 Å². The van der Waals surface area contributed by atoms with Gasteiger partial charge >= 0.3 is 0 Å². The van der Waals surface area contributed by atoms with Gasteiger partial charge in [-0.1, -0.05) is 5.16 Å². The minimum absolute atomic E-state index is 0.0261. The van der Waals surface area contributed by atoms with Crippen molar-refractivity contribution in [1.82, 2.24) is 20.0 Å². The first-order chi connectivity index (χ1) is 10.6. The van der Waals surface area contributed by atoms with Crippen molar-refractivity contribution in [1.29, 1.82) is 0 Å². The van der Waals surface area contributed by atoms with Crippen LogP contribution in [0.25, 0.3) is 11.4 Å². The number of likely N-dealkylation sites (tertiary alicyclic amines) is 1. The average Bonchev–Trinajstić information content (AvgIpc) is 3.14. The van der Waals surface area contributed by atoms with Gasteiger partial charge < -0.3 is 15.2 Å². The number of hydrogen-bond acceptors (Lipinski definition) is 6. The molecule has 0 radical (unpaired) electrons. The van der Waals surface area contributed by atoms with Crippen molar-refractivity contribution in [3.8, 4) is 11.4 Å². The van der Waals surface area contributed by atoms with E-state index in [1.807, 2.05) is 19.9 Å². The molecule has 0 bridgehead atoms. The molecule has 1 aliphatic heterocycles. The second kappa shape index (κ2) is 5.84. The lowest BCUT2D eigenvalue weighted by Crippen LogP contribution is -2.35. The molecule has 2 N–H and O–H groups in total. The van der Waals surface area contributed by atoms with Crippen LogP contribution in [0, 0.1) is 13.8 Å². The Morgan fingerprint density at radius 2 is 2.32 bits per heavy atom. The molecule has 2 aromatic heterocycles. The Bertz CT molecular complexity index is 677. The summed E-state index contributed by atoms with van der Waals surface area (Å²) in [5.74, 6) is 1.23. The Balaban J connectivity index is 1.96. The highest BCUT2D eigenvalue weighted by Gasteiger charge is 2.30. The van der Waals surface area contributed by atoms with Crippen LogP contribution in [0.1, 0.15) is 36.0 Å². The number of aromatic nitrogens is 3. The monoisotopic (exact) mass is 301 g/mol. The zero-order chi connectivity index (χ0) is 15.7. The molecule has 7 nitrogen and oxygen atoms in total. The van der Waals surface area contributed by atoms with E-state index in [9.17, 15) is 4.79 Å². The number of nitrogens with zero attached hydrogens (tertiary/aromatic N) is 4. The van der Waals surface area contributed by atoms with Crippen LogP contribution in [0.5, 0.6) is 0 Å². The Hall–Kier alpha value is -2.28. The molecule has 7 heteroatoms. The molecule has 1 saturated heterocycles. The summed E-state index contributed by atoms with van der Waals surface area (Å²) < 4.78 is 5.18. The summed E-state index contributed by atoms with van der Waals surface area (Å²) in [5.41, 5.74) is 7.91. The molecule has 1 amide bonds. The predicted molar refractivity (Wildman–Crippen MR) is 79.7 cm³/mol. The van der Waals surface area contributed by atoms with Crippen LogP contribution in [0.3, 0.4) is 0 Å². The van der Waals surface area contributed by atoms with Gasteiger partial charge in [0.2, 0.25) is 5.91 Å². The molecular formula is C15H19N5O2. The van der Waals surface area contributed by atoms with Gasteiger partial charge in [0, 0.05) is 12.7 Å². The van der Waals surface area contributed by atoms with Gasteiger partial charge in [0.1, 0.15) is 5.76 Å². The summed E-state index contributed by atoms with van der Waals surface area (Å²) in [4.78, 5) is 22.7. The van der Waals surface area contributed by atoms with E-state index in [2.05, 4.69) is 15.1 Å². The minimum Gasteiger partial charge on any atom is -0.361 e. The molecule has 3 heterocycles. The Morgan fingerprint density at radius 3 is 3.00 bits per heavy atom. The first-order valence-electron chi connectivity index (χ1n) is 7.37. The zero-order valence-corrected chi connectivity index (χ0v) is 12.7. The van der Waals surface area contributed by atoms with Crippen LogP contribution in [0.4, 0.5) is 0 Å². The van der Waals surface area contributed by atoms with Crippen LogP contribution in [0.2, 0.25) is 0 Å². The van der Waals surface area contributed by atoms with Crippen LogP contribution in [0.15, 0.2) is 16.8 Å². The van der Waals surface area contributed by atoms with E-state index in [0.29, 0.717) is 11.6 Å². The maximum atomic E-state index is 12.0. The van der Waals surface area contributed by atoms with E-state index in [1.165, 1.54) is 0 Å². The summed E-state index contributed by atoms with van der Waals surface area (Å²) in [6.07, 6.45) is 3.57. The quantitative estimate of drug-likeness (QED) is 0.919. The lowest BCUT2D eigenvalue weighted by Gasteiger charge is -2.23. The van der Waals surface area contributed by atoms with Crippen LogP contribution >= 0.6 is 0 Å². The third-order valence-electron chi connectivity index (χ3n) is 4.02. The molecule has 3 rings (SSSR count). The van der Waals surface area contributed by atoms with Gasteiger partial charge in [0.05, 0.1) is 29.5 Å².